The maximum atomic E-state index is 12.1. The minimum Gasteiger partial charge on any atom is -0.306 e. The van der Waals surface area contributed by atoms with Crippen molar-refractivity contribution in [2.45, 2.75) is 32.2 Å². The lowest BCUT2D eigenvalue weighted by atomic mass is 10.0. The minimum absolute atomic E-state index is 0.173. The highest BCUT2D eigenvalue weighted by Crippen LogP contribution is 2.33. The third-order valence-corrected chi connectivity index (χ3v) is 6.41. The van der Waals surface area contributed by atoms with Gasteiger partial charge in [-0.05, 0) is 37.5 Å². The van der Waals surface area contributed by atoms with Crippen LogP contribution in [0.1, 0.15) is 36.6 Å². The van der Waals surface area contributed by atoms with Crippen LogP contribution >= 0.6 is 0 Å². The van der Waals surface area contributed by atoms with Crippen LogP contribution in [0.5, 0.6) is 0 Å². The summed E-state index contributed by atoms with van der Waals surface area (Å²) in [5.41, 5.74) is 4.83. The van der Waals surface area contributed by atoms with Gasteiger partial charge in [-0.3, -0.25) is 5.10 Å². The van der Waals surface area contributed by atoms with Crippen molar-refractivity contribution in [3.05, 3.63) is 54.2 Å². The van der Waals surface area contributed by atoms with Crippen molar-refractivity contribution in [1.82, 2.24) is 24.1 Å². The Labute approximate surface area is 159 Å². The number of benzene rings is 1. The Balaban J connectivity index is 1.68. The zero-order valence-electron chi connectivity index (χ0n) is 15.5. The van der Waals surface area contributed by atoms with E-state index in [9.17, 15) is 8.42 Å². The summed E-state index contributed by atoms with van der Waals surface area (Å²) in [6.07, 6.45) is 9.43. The number of piperidine rings is 1. The van der Waals surface area contributed by atoms with Crippen molar-refractivity contribution in [1.29, 1.82) is 0 Å². The van der Waals surface area contributed by atoms with Gasteiger partial charge in [0.25, 0.3) is 0 Å². The van der Waals surface area contributed by atoms with Gasteiger partial charge in [-0.1, -0.05) is 18.6 Å². The number of rotatable bonds is 4. The van der Waals surface area contributed by atoms with Crippen molar-refractivity contribution in [2.24, 2.45) is 0 Å². The Morgan fingerprint density at radius 3 is 2.81 bits per heavy atom. The van der Waals surface area contributed by atoms with Gasteiger partial charge in [-0.15, -0.1) is 0 Å². The first-order valence-corrected chi connectivity index (χ1v) is 10.9. The number of aromatic nitrogens is 4. The van der Waals surface area contributed by atoms with E-state index in [1.54, 1.807) is 16.8 Å². The zero-order chi connectivity index (χ0) is 19.0. The number of hydrogen-bond acceptors (Lipinski definition) is 4. The molecule has 1 unspecified atom stereocenters. The molecule has 142 valence electrons. The average molecular weight is 385 g/mol. The third-order valence-electron chi connectivity index (χ3n) is 5.12. The second kappa shape index (κ2) is 6.94. The number of aryl methyl sites for hydroxylation is 1. The molecule has 3 aromatic rings. The molecule has 4 rings (SSSR count). The van der Waals surface area contributed by atoms with Crippen LogP contribution in [0.2, 0.25) is 0 Å². The quantitative estimate of drug-likeness (QED) is 0.748. The largest absolute Gasteiger partial charge is 0.306 e. The van der Waals surface area contributed by atoms with E-state index in [1.165, 1.54) is 6.26 Å². The molecule has 1 aromatic carbocycles. The first-order valence-electron chi connectivity index (χ1n) is 9.05. The van der Waals surface area contributed by atoms with E-state index in [0.717, 1.165) is 47.5 Å². The normalized spacial score (nSPS) is 18.7. The lowest BCUT2D eigenvalue weighted by Crippen LogP contribution is -2.37. The van der Waals surface area contributed by atoms with Crippen LogP contribution in [0.3, 0.4) is 0 Å². The summed E-state index contributed by atoms with van der Waals surface area (Å²) in [4.78, 5) is 4.12. The summed E-state index contributed by atoms with van der Waals surface area (Å²) in [6.45, 7) is 2.62. The van der Waals surface area contributed by atoms with Gasteiger partial charge in [0.15, 0.2) is 0 Å². The smallest absolute Gasteiger partial charge is 0.211 e. The Morgan fingerprint density at radius 2 is 2.07 bits per heavy atom. The molecule has 1 aliphatic rings. The predicted octanol–water partition coefficient (Wildman–Crippen LogP) is 3.06. The number of hydrogen-bond donors (Lipinski definition) is 1. The molecule has 1 atom stereocenters. The summed E-state index contributed by atoms with van der Waals surface area (Å²) in [5, 5.41) is 7.53. The predicted molar refractivity (Wildman–Crippen MR) is 104 cm³/mol. The van der Waals surface area contributed by atoms with E-state index in [2.05, 4.69) is 34.2 Å². The summed E-state index contributed by atoms with van der Waals surface area (Å²) in [6, 6.07) is 7.96. The fourth-order valence-corrected chi connectivity index (χ4v) is 4.86. The number of nitrogens with one attached hydrogen (secondary N) is 1. The van der Waals surface area contributed by atoms with E-state index in [0.29, 0.717) is 6.54 Å². The van der Waals surface area contributed by atoms with Crippen molar-refractivity contribution in [3.63, 3.8) is 0 Å². The summed E-state index contributed by atoms with van der Waals surface area (Å²) in [5.74, 6) is 0. The molecular formula is C19H23N5O2S. The van der Waals surface area contributed by atoms with Gasteiger partial charge in [0.2, 0.25) is 10.0 Å². The molecule has 0 aliphatic carbocycles. The Kier molecular flexibility index (Phi) is 4.61. The maximum absolute atomic E-state index is 12.1. The third kappa shape index (κ3) is 3.54. The van der Waals surface area contributed by atoms with Crippen LogP contribution < -0.4 is 0 Å². The molecule has 1 N–H and O–H groups in total. The highest BCUT2D eigenvalue weighted by molar-refractivity contribution is 7.88. The minimum atomic E-state index is -3.25. The molecule has 27 heavy (non-hydrogen) atoms. The topological polar surface area (TPSA) is 83.9 Å². The summed E-state index contributed by atoms with van der Waals surface area (Å²) < 4.78 is 27.8. The van der Waals surface area contributed by atoms with Crippen molar-refractivity contribution in [2.75, 3.05) is 12.8 Å². The monoisotopic (exact) mass is 385 g/mol. The molecule has 0 saturated carbocycles. The van der Waals surface area contributed by atoms with E-state index < -0.39 is 10.0 Å². The van der Waals surface area contributed by atoms with E-state index in [4.69, 9.17) is 0 Å². The van der Waals surface area contributed by atoms with Crippen molar-refractivity contribution < 1.29 is 8.42 Å². The molecule has 8 heteroatoms. The number of aromatic amines is 1. The van der Waals surface area contributed by atoms with Gasteiger partial charge in [0.05, 0.1) is 35.7 Å². The maximum Gasteiger partial charge on any atom is 0.211 e. The number of H-pyrrole nitrogens is 1. The molecule has 2 aromatic heterocycles. The van der Waals surface area contributed by atoms with Crippen LogP contribution in [-0.2, 0) is 10.0 Å². The van der Waals surface area contributed by atoms with Crippen molar-refractivity contribution >= 4 is 10.0 Å². The Hall–Kier alpha value is -2.45. The molecule has 1 aliphatic heterocycles. The zero-order valence-corrected chi connectivity index (χ0v) is 16.3. The number of nitrogens with zero attached hydrogens (tertiary/aromatic N) is 4. The van der Waals surface area contributed by atoms with Gasteiger partial charge >= 0.3 is 0 Å². The molecule has 0 bridgehead atoms. The van der Waals surface area contributed by atoms with Crippen LogP contribution in [0.4, 0.5) is 0 Å². The molecular weight excluding hydrogens is 362 g/mol. The van der Waals surface area contributed by atoms with E-state index in [1.807, 2.05) is 22.9 Å². The SMILES string of the molecule is Cc1ccc(-c2cc(C3CCCCN3S(C)(=O)=O)[nH]n2)cc1-n1ccnc1. The fourth-order valence-electron chi connectivity index (χ4n) is 3.72. The second-order valence-corrected chi connectivity index (χ2v) is 9.00. The van der Waals surface area contributed by atoms with Gasteiger partial charge in [0, 0.05) is 24.5 Å². The second-order valence-electron chi connectivity index (χ2n) is 7.07. The lowest BCUT2D eigenvalue weighted by Gasteiger charge is -2.32. The van der Waals surface area contributed by atoms with Gasteiger partial charge < -0.3 is 4.57 Å². The van der Waals surface area contributed by atoms with Gasteiger partial charge in [-0.25, -0.2) is 13.4 Å². The Bertz CT molecular complexity index is 1040. The average Bonchev–Trinajstić information content (AvgIpc) is 3.33. The highest BCUT2D eigenvalue weighted by Gasteiger charge is 2.31. The Morgan fingerprint density at radius 1 is 1.22 bits per heavy atom. The highest BCUT2D eigenvalue weighted by atomic mass is 32.2. The first kappa shape index (κ1) is 17.9. The van der Waals surface area contributed by atoms with E-state index in [-0.39, 0.29) is 6.04 Å². The van der Waals surface area contributed by atoms with Crippen LogP contribution in [-0.4, -0.2) is 45.3 Å². The molecule has 0 spiro atoms. The van der Waals surface area contributed by atoms with Crippen LogP contribution in [0.15, 0.2) is 43.0 Å². The van der Waals surface area contributed by atoms with Crippen LogP contribution in [0, 0.1) is 6.92 Å². The molecule has 1 saturated heterocycles. The van der Waals surface area contributed by atoms with Gasteiger partial charge in [0.1, 0.15) is 0 Å². The molecule has 0 amide bonds. The molecule has 3 heterocycles. The molecule has 0 radical (unpaired) electrons. The lowest BCUT2D eigenvalue weighted by molar-refractivity contribution is 0.253. The van der Waals surface area contributed by atoms with Crippen LogP contribution in [0.25, 0.3) is 16.9 Å². The molecule has 1 fully saturated rings. The number of imidazole rings is 1. The fraction of sp³-hybridized carbons (Fsp3) is 0.368. The number of sulfonamides is 1. The van der Waals surface area contributed by atoms with Gasteiger partial charge in [-0.2, -0.15) is 9.40 Å². The first-order chi connectivity index (χ1) is 12.9. The summed E-state index contributed by atoms with van der Waals surface area (Å²) >= 11 is 0. The summed E-state index contributed by atoms with van der Waals surface area (Å²) in [7, 11) is -3.25. The standard InChI is InChI=1S/C19H23N5O2S/c1-14-6-7-15(11-19(14)23-10-8-20-13-23)16-12-17(22-21-16)18-5-3-4-9-24(18)27(2,25)26/h6-8,10-13,18H,3-5,9H2,1-2H3,(H,21,22). The van der Waals surface area contributed by atoms with Crippen molar-refractivity contribution in [3.8, 4) is 16.9 Å². The molecule has 7 nitrogen and oxygen atoms in total. The van der Waals surface area contributed by atoms with E-state index >= 15 is 0 Å².